The molecule has 0 aliphatic heterocycles. The van der Waals surface area contributed by atoms with Crippen molar-refractivity contribution in [2.75, 3.05) is 0 Å². The Kier molecular flexibility index (Phi) is 2.22. The van der Waals surface area contributed by atoms with Crippen molar-refractivity contribution in [2.24, 2.45) is 12.2 Å². The molecular formula is C6H10N3O3S+. The number of aryl methyl sites for hydroxylation is 2. The molecule has 2 N–H and O–H groups in total. The topological polar surface area (TPSA) is 86.0 Å². The quantitative estimate of drug-likeness (QED) is 0.538. The van der Waals surface area contributed by atoms with Crippen LogP contribution in [-0.2, 0) is 17.3 Å². The van der Waals surface area contributed by atoms with Gasteiger partial charge in [0, 0.05) is 5.56 Å². The monoisotopic (exact) mass is 204 g/mol. The van der Waals surface area contributed by atoms with E-state index in [0.29, 0.717) is 9.54 Å². The summed E-state index contributed by atoms with van der Waals surface area (Å²) >= 11 is 0. The van der Waals surface area contributed by atoms with Gasteiger partial charge in [-0.2, -0.15) is 22.9 Å². The second-order valence-electron chi connectivity index (χ2n) is 2.74. The maximum atomic E-state index is 11.2. The van der Waals surface area contributed by atoms with Gasteiger partial charge in [0.1, 0.15) is 12.4 Å². The van der Waals surface area contributed by atoms with Crippen LogP contribution in [0.2, 0.25) is 0 Å². The van der Waals surface area contributed by atoms with E-state index in [4.69, 9.17) is 5.14 Å². The van der Waals surface area contributed by atoms with E-state index in [0.717, 1.165) is 4.57 Å². The van der Waals surface area contributed by atoms with E-state index in [1.54, 1.807) is 6.92 Å². The Balaban J connectivity index is 3.66. The fourth-order valence-electron chi connectivity index (χ4n) is 0.972. The van der Waals surface area contributed by atoms with E-state index in [2.05, 4.69) is 0 Å². The highest BCUT2D eigenvalue weighted by atomic mass is 32.2. The summed E-state index contributed by atoms with van der Waals surface area (Å²) in [6.45, 7) is 1.67. The van der Waals surface area contributed by atoms with E-state index in [1.165, 1.54) is 19.4 Å². The Morgan fingerprint density at radius 2 is 2.08 bits per heavy atom. The van der Waals surface area contributed by atoms with Crippen LogP contribution in [-0.4, -0.2) is 12.4 Å². The average molecular weight is 204 g/mol. The molecule has 0 bridgehead atoms. The van der Waals surface area contributed by atoms with Gasteiger partial charge in [-0.25, -0.2) is 0 Å². The highest BCUT2D eigenvalue weighted by molar-refractivity contribution is 7.87. The fraction of sp³-hybridized carbons (Fsp3) is 0.333. The molecule has 7 heteroatoms. The molecule has 0 unspecified atom stereocenters. The standard InChI is InChI=1S/C6H10N3O3S/c1-5-3-8(2)6(10)9(4-5)13(7,11)12/h3-4H,1-2H3,(H2,7,11,12)/q+1. The van der Waals surface area contributed by atoms with Crippen molar-refractivity contribution in [3.05, 3.63) is 28.4 Å². The molecule has 0 amide bonds. The lowest BCUT2D eigenvalue weighted by molar-refractivity contribution is -0.690. The molecule has 0 radical (unpaired) electrons. The zero-order valence-electron chi connectivity index (χ0n) is 7.26. The molecule has 1 heterocycles. The van der Waals surface area contributed by atoms with Crippen molar-refractivity contribution in [3.8, 4) is 0 Å². The van der Waals surface area contributed by atoms with Crippen LogP contribution < -0.4 is 15.4 Å². The Morgan fingerprint density at radius 1 is 1.54 bits per heavy atom. The minimum Gasteiger partial charge on any atom is -0.199 e. The summed E-state index contributed by atoms with van der Waals surface area (Å²) in [5.74, 6) is 0. The molecule has 0 atom stereocenters. The first-order chi connectivity index (χ1) is 5.82. The van der Waals surface area contributed by atoms with Gasteiger partial charge in [0.05, 0.1) is 7.05 Å². The molecule has 0 aromatic carbocycles. The number of nitrogens with two attached hydrogens (primary N) is 1. The van der Waals surface area contributed by atoms with E-state index in [9.17, 15) is 13.2 Å². The third-order valence-corrected chi connectivity index (χ3v) is 2.29. The minimum absolute atomic E-state index is 0.502. The molecule has 0 fully saturated rings. The second kappa shape index (κ2) is 2.93. The lowest BCUT2D eigenvalue weighted by Gasteiger charge is -1.97. The molecule has 0 saturated heterocycles. The van der Waals surface area contributed by atoms with Crippen molar-refractivity contribution in [1.29, 1.82) is 0 Å². The highest BCUT2D eigenvalue weighted by Crippen LogP contribution is 1.89. The normalized spacial score (nSPS) is 11.6. The van der Waals surface area contributed by atoms with Crippen LogP contribution in [0, 0.1) is 6.92 Å². The van der Waals surface area contributed by atoms with E-state index in [1.807, 2.05) is 0 Å². The molecule has 6 nitrogen and oxygen atoms in total. The largest absolute Gasteiger partial charge is 0.514 e. The Morgan fingerprint density at radius 3 is 2.54 bits per heavy atom. The Labute approximate surface area is 75.4 Å². The number of rotatable bonds is 1. The molecular weight excluding hydrogens is 194 g/mol. The molecule has 0 aliphatic rings. The van der Waals surface area contributed by atoms with Gasteiger partial charge >= 0.3 is 15.9 Å². The van der Waals surface area contributed by atoms with Crippen molar-refractivity contribution >= 4 is 10.2 Å². The SMILES string of the molecule is Cc1cn(S(N)(=O)=O)c(=O)[n+](C)c1. The summed E-state index contributed by atoms with van der Waals surface area (Å²) in [4.78, 5) is 11.2. The smallest absolute Gasteiger partial charge is 0.199 e. The molecule has 0 aliphatic carbocycles. The number of hydrogen-bond donors (Lipinski definition) is 1. The Bertz CT molecular complexity index is 488. The molecule has 0 saturated carbocycles. The van der Waals surface area contributed by atoms with Crippen LogP contribution in [0.3, 0.4) is 0 Å². The van der Waals surface area contributed by atoms with Gasteiger partial charge in [-0.15, -0.1) is 0 Å². The average Bonchev–Trinajstić information content (AvgIpc) is 1.94. The van der Waals surface area contributed by atoms with Crippen molar-refractivity contribution in [3.63, 3.8) is 0 Å². The number of aromatic nitrogens is 2. The third kappa shape index (κ3) is 1.93. The van der Waals surface area contributed by atoms with Gasteiger partial charge < -0.3 is 0 Å². The predicted molar refractivity (Wildman–Crippen MR) is 45.1 cm³/mol. The van der Waals surface area contributed by atoms with Gasteiger partial charge in [-0.05, 0) is 6.92 Å². The van der Waals surface area contributed by atoms with Gasteiger partial charge in [0.25, 0.3) is 0 Å². The molecule has 0 spiro atoms. The van der Waals surface area contributed by atoms with Crippen LogP contribution in [0.1, 0.15) is 5.56 Å². The van der Waals surface area contributed by atoms with Gasteiger partial charge in [-0.3, -0.25) is 0 Å². The Hall–Kier alpha value is -1.21. The summed E-state index contributed by atoms with van der Waals surface area (Å²) in [7, 11) is -2.54. The van der Waals surface area contributed by atoms with Crippen LogP contribution in [0.15, 0.2) is 17.2 Å². The third-order valence-electron chi connectivity index (χ3n) is 1.48. The van der Waals surface area contributed by atoms with Crippen molar-refractivity contribution in [2.45, 2.75) is 6.92 Å². The molecule has 1 rings (SSSR count). The summed E-state index contributed by atoms with van der Waals surface area (Å²) in [6, 6.07) is 0. The predicted octanol–water partition coefficient (Wildman–Crippen LogP) is -1.97. The number of hydrogen-bond acceptors (Lipinski definition) is 3. The summed E-state index contributed by atoms with van der Waals surface area (Å²) < 4.78 is 23.4. The second-order valence-corrected chi connectivity index (χ2v) is 4.16. The van der Waals surface area contributed by atoms with Crippen LogP contribution in [0.4, 0.5) is 0 Å². The molecule has 1 aromatic rings. The molecule has 13 heavy (non-hydrogen) atoms. The maximum Gasteiger partial charge on any atom is 0.514 e. The first-order valence-corrected chi connectivity index (χ1v) is 4.95. The zero-order valence-corrected chi connectivity index (χ0v) is 8.08. The zero-order chi connectivity index (χ0) is 10.2. The lowest BCUT2D eigenvalue weighted by atomic mass is 10.4. The number of nitrogens with zero attached hydrogens (tertiary/aromatic N) is 2. The maximum absolute atomic E-state index is 11.2. The molecule has 1 aromatic heterocycles. The summed E-state index contributed by atoms with van der Waals surface area (Å²) in [5.41, 5.74) is -0.0516. The van der Waals surface area contributed by atoms with E-state index in [-0.39, 0.29) is 0 Å². The van der Waals surface area contributed by atoms with Gasteiger partial charge in [0.15, 0.2) is 0 Å². The first-order valence-electron chi connectivity index (χ1n) is 3.44. The van der Waals surface area contributed by atoms with E-state index < -0.39 is 15.9 Å². The highest BCUT2D eigenvalue weighted by Gasteiger charge is 2.18. The van der Waals surface area contributed by atoms with Crippen LogP contribution in [0.5, 0.6) is 0 Å². The first kappa shape index (κ1) is 9.87. The van der Waals surface area contributed by atoms with Gasteiger partial charge in [-0.1, -0.05) is 3.97 Å². The lowest BCUT2D eigenvalue weighted by Crippen LogP contribution is -2.53. The molecule has 72 valence electrons. The van der Waals surface area contributed by atoms with Crippen LogP contribution in [0.25, 0.3) is 0 Å². The van der Waals surface area contributed by atoms with Crippen molar-refractivity contribution in [1.82, 2.24) is 3.97 Å². The minimum atomic E-state index is -4.00. The van der Waals surface area contributed by atoms with Gasteiger partial charge in [0.2, 0.25) is 0 Å². The van der Waals surface area contributed by atoms with E-state index >= 15 is 0 Å². The summed E-state index contributed by atoms with van der Waals surface area (Å²) in [5, 5.41) is 4.82. The summed E-state index contributed by atoms with van der Waals surface area (Å²) in [6.07, 6.45) is 2.70. The fourth-order valence-corrected chi connectivity index (χ4v) is 1.63. The van der Waals surface area contributed by atoms with Crippen molar-refractivity contribution < 1.29 is 13.0 Å². The van der Waals surface area contributed by atoms with Crippen LogP contribution >= 0.6 is 0 Å².